The van der Waals surface area contributed by atoms with E-state index >= 15 is 0 Å². The number of ether oxygens (including phenoxy) is 1. The zero-order valence-electron chi connectivity index (χ0n) is 9.87. The standard InChI is InChI=1S/C12H15ClN2O2/c1-7-3-4-10(17-7)12(16)15-9-5-6-14-8(2)11(9)13/h5-7,10H,3-4H2,1-2H3,(H,14,15,16)/t7-,10+/m1/s1. The molecule has 2 heterocycles. The zero-order chi connectivity index (χ0) is 12.4. The molecule has 1 fully saturated rings. The van der Waals surface area contributed by atoms with Gasteiger partial charge in [-0.15, -0.1) is 0 Å². The molecule has 92 valence electrons. The molecule has 2 atom stereocenters. The molecule has 1 N–H and O–H groups in total. The molecular formula is C12H15ClN2O2. The van der Waals surface area contributed by atoms with Crippen LogP contribution in [0, 0.1) is 6.92 Å². The molecule has 5 heteroatoms. The minimum absolute atomic E-state index is 0.137. The minimum Gasteiger partial charge on any atom is -0.365 e. The van der Waals surface area contributed by atoms with Crippen LogP contribution in [0.1, 0.15) is 25.5 Å². The fourth-order valence-corrected chi connectivity index (χ4v) is 2.01. The Balaban J connectivity index is 2.06. The van der Waals surface area contributed by atoms with Crippen LogP contribution >= 0.6 is 11.6 Å². The molecule has 0 spiro atoms. The highest BCUT2D eigenvalue weighted by atomic mass is 35.5. The zero-order valence-corrected chi connectivity index (χ0v) is 10.6. The predicted molar refractivity (Wildman–Crippen MR) is 66.2 cm³/mol. The molecule has 4 nitrogen and oxygen atoms in total. The van der Waals surface area contributed by atoms with Crippen LogP contribution in [0.3, 0.4) is 0 Å². The Bertz CT molecular complexity index is 437. The van der Waals surface area contributed by atoms with E-state index in [-0.39, 0.29) is 18.1 Å². The molecule has 1 saturated heterocycles. The first-order valence-electron chi connectivity index (χ1n) is 5.65. The maximum Gasteiger partial charge on any atom is 0.253 e. The number of hydrogen-bond acceptors (Lipinski definition) is 3. The molecule has 2 rings (SSSR count). The van der Waals surface area contributed by atoms with Gasteiger partial charge in [0.05, 0.1) is 22.5 Å². The number of aromatic nitrogens is 1. The number of pyridine rings is 1. The highest BCUT2D eigenvalue weighted by Crippen LogP contribution is 2.25. The number of halogens is 1. The second-order valence-corrected chi connectivity index (χ2v) is 4.64. The van der Waals surface area contributed by atoms with E-state index in [1.54, 1.807) is 19.2 Å². The average Bonchev–Trinajstić information content (AvgIpc) is 2.72. The van der Waals surface area contributed by atoms with Crippen LogP contribution in [0.15, 0.2) is 12.3 Å². The van der Waals surface area contributed by atoms with Crippen LogP contribution in [0.4, 0.5) is 5.69 Å². The fourth-order valence-electron chi connectivity index (χ4n) is 1.85. The largest absolute Gasteiger partial charge is 0.365 e. The summed E-state index contributed by atoms with van der Waals surface area (Å²) in [5, 5.41) is 3.26. The monoisotopic (exact) mass is 254 g/mol. The number of carbonyl (C=O) groups excluding carboxylic acids is 1. The quantitative estimate of drug-likeness (QED) is 0.882. The Kier molecular flexibility index (Phi) is 3.64. The van der Waals surface area contributed by atoms with E-state index in [1.807, 2.05) is 6.92 Å². The molecule has 17 heavy (non-hydrogen) atoms. The third-order valence-electron chi connectivity index (χ3n) is 2.85. The molecule has 0 bridgehead atoms. The second kappa shape index (κ2) is 5.02. The third-order valence-corrected chi connectivity index (χ3v) is 3.32. The molecule has 0 aromatic carbocycles. The summed E-state index contributed by atoms with van der Waals surface area (Å²) in [5.41, 5.74) is 1.29. The highest BCUT2D eigenvalue weighted by Gasteiger charge is 2.28. The number of anilines is 1. The molecule has 0 aliphatic carbocycles. The highest BCUT2D eigenvalue weighted by molar-refractivity contribution is 6.34. The summed E-state index contributed by atoms with van der Waals surface area (Å²) in [6.45, 7) is 3.77. The fraction of sp³-hybridized carbons (Fsp3) is 0.500. The Morgan fingerprint density at radius 1 is 1.59 bits per heavy atom. The van der Waals surface area contributed by atoms with Crippen molar-refractivity contribution in [3.8, 4) is 0 Å². The van der Waals surface area contributed by atoms with Crippen molar-refractivity contribution in [3.63, 3.8) is 0 Å². The van der Waals surface area contributed by atoms with Crippen molar-refractivity contribution in [1.29, 1.82) is 0 Å². The molecule has 1 aromatic heterocycles. The van der Waals surface area contributed by atoms with Crippen molar-refractivity contribution >= 4 is 23.2 Å². The molecule has 0 unspecified atom stereocenters. The SMILES string of the molecule is Cc1nccc(NC(=O)[C@@H]2CC[C@@H](C)O2)c1Cl. The Hall–Kier alpha value is -1.13. The van der Waals surface area contributed by atoms with Gasteiger partial charge >= 0.3 is 0 Å². The lowest BCUT2D eigenvalue weighted by atomic mass is 10.2. The lowest BCUT2D eigenvalue weighted by molar-refractivity contribution is -0.126. The van der Waals surface area contributed by atoms with Gasteiger partial charge < -0.3 is 10.1 Å². The van der Waals surface area contributed by atoms with Crippen LogP contribution in [0.5, 0.6) is 0 Å². The van der Waals surface area contributed by atoms with Crippen molar-refractivity contribution in [2.24, 2.45) is 0 Å². The Morgan fingerprint density at radius 3 is 3.00 bits per heavy atom. The smallest absolute Gasteiger partial charge is 0.253 e. The summed E-state index contributed by atoms with van der Waals surface area (Å²) in [7, 11) is 0. The van der Waals surface area contributed by atoms with Crippen molar-refractivity contribution in [2.45, 2.75) is 38.9 Å². The molecule has 0 saturated carbocycles. The number of rotatable bonds is 2. The normalized spacial score (nSPS) is 23.7. The number of nitrogens with zero attached hydrogens (tertiary/aromatic N) is 1. The summed E-state index contributed by atoms with van der Waals surface area (Å²) in [6.07, 6.45) is 3.08. The lowest BCUT2D eigenvalue weighted by Gasteiger charge is -2.13. The van der Waals surface area contributed by atoms with Gasteiger partial charge in [0.25, 0.3) is 5.91 Å². The predicted octanol–water partition coefficient (Wildman–Crippen LogP) is 2.55. The number of carbonyl (C=O) groups is 1. The summed E-state index contributed by atoms with van der Waals surface area (Å²) in [4.78, 5) is 16.0. The van der Waals surface area contributed by atoms with Gasteiger partial charge in [-0.2, -0.15) is 0 Å². The van der Waals surface area contributed by atoms with Gasteiger partial charge in [-0.1, -0.05) is 11.6 Å². The van der Waals surface area contributed by atoms with E-state index in [9.17, 15) is 4.79 Å². The van der Waals surface area contributed by atoms with Crippen LogP contribution in [-0.4, -0.2) is 23.1 Å². The molecule has 1 aromatic rings. The number of aryl methyl sites for hydroxylation is 1. The van der Waals surface area contributed by atoms with Crippen LogP contribution in [0.25, 0.3) is 0 Å². The molecular weight excluding hydrogens is 240 g/mol. The van der Waals surface area contributed by atoms with Crippen molar-refractivity contribution in [2.75, 3.05) is 5.32 Å². The van der Waals surface area contributed by atoms with Crippen molar-refractivity contribution in [3.05, 3.63) is 23.0 Å². The van der Waals surface area contributed by atoms with Crippen LogP contribution in [0.2, 0.25) is 5.02 Å². The van der Waals surface area contributed by atoms with E-state index < -0.39 is 0 Å². The molecule has 0 radical (unpaired) electrons. The average molecular weight is 255 g/mol. The van der Waals surface area contributed by atoms with Gasteiger partial charge in [0.15, 0.2) is 0 Å². The topological polar surface area (TPSA) is 51.2 Å². The first-order valence-corrected chi connectivity index (χ1v) is 6.03. The van der Waals surface area contributed by atoms with E-state index in [4.69, 9.17) is 16.3 Å². The third kappa shape index (κ3) is 2.76. The van der Waals surface area contributed by atoms with Crippen LogP contribution in [-0.2, 0) is 9.53 Å². The Labute approximate surface area is 105 Å². The van der Waals surface area contributed by atoms with Gasteiger partial charge in [-0.25, -0.2) is 0 Å². The van der Waals surface area contributed by atoms with E-state index in [0.29, 0.717) is 16.4 Å². The molecule has 1 amide bonds. The summed E-state index contributed by atoms with van der Waals surface area (Å²) < 4.78 is 5.49. The maximum absolute atomic E-state index is 11.9. The van der Waals surface area contributed by atoms with E-state index in [2.05, 4.69) is 10.3 Å². The van der Waals surface area contributed by atoms with E-state index in [1.165, 1.54) is 0 Å². The number of hydrogen-bond donors (Lipinski definition) is 1. The summed E-state index contributed by atoms with van der Waals surface area (Å²) in [6, 6.07) is 1.69. The van der Waals surface area contributed by atoms with Gasteiger partial charge in [0.2, 0.25) is 0 Å². The first-order chi connectivity index (χ1) is 8.08. The lowest BCUT2D eigenvalue weighted by Crippen LogP contribution is -2.27. The summed E-state index contributed by atoms with van der Waals surface area (Å²) in [5.74, 6) is -0.137. The number of nitrogens with one attached hydrogen (secondary N) is 1. The van der Waals surface area contributed by atoms with Crippen molar-refractivity contribution in [1.82, 2.24) is 4.98 Å². The minimum atomic E-state index is -0.366. The second-order valence-electron chi connectivity index (χ2n) is 4.26. The molecule has 1 aliphatic rings. The Morgan fingerprint density at radius 2 is 2.35 bits per heavy atom. The van der Waals surface area contributed by atoms with Gasteiger partial charge in [0.1, 0.15) is 6.10 Å². The maximum atomic E-state index is 11.9. The summed E-state index contributed by atoms with van der Waals surface area (Å²) >= 11 is 6.05. The van der Waals surface area contributed by atoms with E-state index in [0.717, 1.165) is 12.8 Å². The molecule has 1 aliphatic heterocycles. The van der Waals surface area contributed by atoms with Crippen molar-refractivity contribution < 1.29 is 9.53 Å². The first kappa shape index (κ1) is 12.3. The van der Waals surface area contributed by atoms with Crippen LogP contribution < -0.4 is 5.32 Å². The number of amides is 1. The van der Waals surface area contributed by atoms with Gasteiger partial charge in [-0.3, -0.25) is 9.78 Å². The van der Waals surface area contributed by atoms with Gasteiger partial charge in [-0.05, 0) is 32.8 Å². The van der Waals surface area contributed by atoms with Gasteiger partial charge in [0, 0.05) is 6.20 Å².